The molecular formula is C11H6BrCl2FS. The fraction of sp³-hybridized carbons (Fsp3) is 0.0909. The summed E-state index contributed by atoms with van der Waals surface area (Å²) in [6.45, 7) is 0. The van der Waals surface area contributed by atoms with Gasteiger partial charge in [0.05, 0.1) is 13.5 Å². The molecule has 0 fully saturated rings. The lowest BCUT2D eigenvalue weighted by Gasteiger charge is -2.09. The van der Waals surface area contributed by atoms with E-state index < -0.39 is 0 Å². The Morgan fingerprint density at radius 3 is 2.44 bits per heavy atom. The molecule has 0 aliphatic heterocycles. The van der Waals surface area contributed by atoms with Gasteiger partial charge in [0, 0.05) is 11.1 Å². The third-order valence-corrected chi connectivity index (χ3v) is 4.64. The Morgan fingerprint density at radius 1 is 1.19 bits per heavy atom. The summed E-state index contributed by atoms with van der Waals surface area (Å²) in [6, 6.07) is 8.33. The van der Waals surface area contributed by atoms with E-state index in [0.29, 0.717) is 14.2 Å². The zero-order valence-corrected chi connectivity index (χ0v) is 11.8. The van der Waals surface area contributed by atoms with Crippen LogP contribution in [0.4, 0.5) is 4.39 Å². The molecule has 1 unspecified atom stereocenters. The van der Waals surface area contributed by atoms with Crippen molar-refractivity contribution in [2.24, 2.45) is 0 Å². The van der Waals surface area contributed by atoms with Crippen LogP contribution in [-0.4, -0.2) is 0 Å². The number of thiophene rings is 1. The van der Waals surface area contributed by atoms with Crippen LogP contribution in [0.5, 0.6) is 0 Å². The number of rotatable bonds is 2. The molecule has 0 aliphatic carbocycles. The highest BCUT2D eigenvalue weighted by Crippen LogP contribution is 2.42. The Hall–Kier alpha value is -0.0900. The van der Waals surface area contributed by atoms with E-state index in [1.807, 2.05) is 0 Å². The molecule has 2 rings (SSSR count). The molecule has 1 heterocycles. The van der Waals surface area contributed by atoms with Crippen molar-refractivity contribution in [1.29, 1.82) is 0 Å². The van der Waals surface area contributed by atoms with Crippen molar-refractivity contribution in [2.45, 2.75) is 4.83 Å². The Bertz CT molecular complexity index is 512. The quantitative estimate of drug-likeness (QED) is 0.617. The van der Waals surface area contributed by atoms with Crippen molar-refractivity contribution in [3.05, 3.63) is 55.9 Å². The van der Waals surface area contributed by atoms with Crippen LogP contribution in [-0.2, 0) is 0 Å². The maximum Gasteiger partial charge on any atom is 0.127 e. The van der Waals surface area contributed by atoms with Crippen molar-refractivity contribution in [3.8, 4) is 0 Å². The van der Waals surface area contributed by atoms with Gasteiger partial charge in [-0.25, -0.2) is 4.39 Å². The van der Waals surface area contributed by atoms with Crippen LogP contribution < -0.4 is 0 Å². The van der Waals surface area contributed by atoms with Crippen molar-refractivity contribution in [3.63, 3.8) is 0 Å². The van der Waals surface area contributed by atoms with E-state index in [-0.39, 0.29) is 10.6 Å². The highest BCUT2D eigenvalue weighted by Gasteiger charge is 2.19. The van der Waals surface area contributed by atoms with E-state index in [1.165, 1.54) is 17.4 Å². The highest BCUT2D eigenvalue weighted by atomic mass is 79.9. The van der Waals surface area contributed by atoms with E-state index in [9.17, 15) is 4.39 Å². The number of benzene rings is 1. The molecule has 2 aromatic rings. The van der Waals surface area contributed by atoms with Gasteiger partial charge in [-0.1, -0.05) is 57.3 Å². The molecule has 84 valence electrons. The topological polar surface area (TPSA) is 0 Å². The molecule has 0 saturated heterocycles. The molecule has 16 heavy (non-hydrogen) atoms. The fourth-order valence-corrected chi connectivity index (χ4v) is 3.92. The Morgan fingerprint density at radius 2 is 1.88 bits per heavy atom. The SMILES string of the molecule is Fc1ccccc1C(Br)c1cc(Cl)sc1Cl. The minimum Gasteiger partial charge on any atom is -0.207 e. The number of alkyl halides is 1. The molecule has 0 N–H and O–H groups in total. The number of hydrogen-bond donors (Lipinski definition) is 0. The molecule has 0 amide bonds. The summed E-state index contributed by atoms with van der Waals surface area (Å²) < 4.78 is 14.7. The molecule has 0 spiro atoms. The van der Waals surface area contributed by atoms with Crippen LogP contribution in [0.2, 0.25) is 8.67 Å². The lowest BCUT2D eigenvalue weighted by molar-refractivity contribution is 0.613. The third-order valence-electron chi connectivity index (χ3n) is 2.13. The maximum absolute atomic E-state index is 13.6. The van der Waals surface area contributed by atoms with E-state index in [4.69, 9.17) is 23.2 Å². The third kappa shape index (κ3) is 2.43. The zero-order valence-electron chi connectivity index (χ0n) is 7.88. The van der Waals surface area contributed by atoms with E-state index in [0.717, 1.165) is 5.56 Å². The van der Waals surface area contributed by atoms with Gasteiger partial charge in [0.25, 0.3) is 0 Å². The largest absolute Gasteiger partial charge is 0.207 e. The first-order valence-electron chi connectivity index (χ1n) is 4.43. The fourth-order valence-electron chi connectivity index (χ4n) is 1.37. The van der Waals surface area contributed by atoms with Crippen molar-refractivity contribution in [2.75, 3.05) is 0 Å². The van der Waals surface area contributed by atoms with Crippen molar-refractivity contribution < 1.29 is 4.39 Å². The minimum atomic E-state index is -0.273. The second kappa shape index (κ2) is 5.05. The monoisotopic (exact) mass is 338 g/mol. The van der Waals surface area contributed by atoms with Crippen LogP contribution >= 0.6 is 50.5 Å². The molecule has 1 atom stereocenters. The summed E-state index contributed by atoms with van der Waals surface area (Å²) in [7, 11) is 0. The summed E-state index contributed by atoms with van der Waals surface area (Å²) in [5, 5.41) is 0. The molecule has 1 aromatic heterocycles. The van der Waals surface area contributed by atoms with Gasteiger partial charge in [-0.15, -0.1) is 11.3 Å². The number of hydrogen-bond acceptors (Lipinski definition) is 1. The van der Waals surface area contributed by atoms with Gasteiger partial charge in [0.1, 0.15) is 5.82 Å². The summed E-state index contributed by atoms with van der Waals surface area (Å²) >= 11 is 16.6. The summed E-state index contributed by atoms with van der Waals surface area (Å²) in [6.07, 6.45) is 0. The van der Waals surface area contributed by atoms with Crippen LogP contribution in [0.3, 0.4) is 0 Å². The lowest BCUT2D eigenvalue weighted by atomic mass is 10.1. The molecule has 0 radical (unpaired) electrons. The lowest BCUT2D eigenvalue weighted by Crippen LogP contribution is -1.94. The molecule has 0 bridgehead atoms. The maximum atomic E-state index is 13.6. The first-order valence-corrected chi connectivity index (χ1v) is 6.91. The van der Waals surface area contributed by atoms with Crippen LogP contribution in [0, 0.1) is 5.82 Å². The van der Waals surface area contributed by atoms with E-state index >= 15 is 0 Å². The van der Waals surface area contributed by atoms with Gasteiger partial charge in [-0.05, 0) is 12.1 Å². The zero-order chi connectivity index (χ0) is 11.7. The van der Waals surface area contributed by atoms with Gasteiger partial charge in [-0.2, -0.15) is 0 Å². The van der Waals surface area contributed by atoms with E-state index in [2.05, 4.69) is 15.9 Å². The predicted molar refractivity (Wildman–Crippen MR) is 71.5 cm³/mol. The normalized spacial score (nSPS) is 12.8. The van der Waals surface area contributed by atoms with Crippen molar-refractivity contribution >= 4 is 50.5 Å². The molecule has 5 heteroatoms. The predicted octanol–water partition coefficient (Wildman–Crippen LogP) is 5.68. The average Bonchev–Trinajstić information content (AvgIpc) is 2.58. The van der Waals surface area contributed by atoms with Gasteiger partial charge in [0.2, 0.25) is 0 Å². The van der Waals surface area contributed by atoms with Crippen LogP contribution in [0.25, 0.3) is 0 Å². The summed E-state index contributed by atoms with van der Waals surface area (Å²) in [5.41, 5.74) is 1.35. The second-order valence-corrected chi connectivity index (χ2v) is 6.36. The van der Waals surface area contributed by atoms with Crippen LogP contribution in [0.1, 0.15) is 16.0 Å². The Labute approximate surface area is 115 Å². The molecule has 0 aliphatic rings. The Balaban J connectivity index is 2.43. The Kier molecular flexibility index (Phi) is 3.90. The smallest absolute Gasteiger partial charge is 0.127 e. The summed E-state index contributed by atoms with van der Waals surface area (Å²) in [4.78, 5) is -0.273. The molecule has 0 saturated carbocycles. The first kappa shape index (κ1) is 12.4. The van der Waals surface area contributed by atoms with Gasteiger partial charge >= 0.3 is 0 Å². The van der Waals surface area contributed by atoms with Gasteiger partial charge in [-0.3, -0.25) is 0 Å². The first-order chi connectivity index (χ1) is 7.59. The van der Waals surface area contributed by atoms with Gasteiger partial charge in [0.15, 0.2) is 0 Å². The van der Waals surface area contributed by atoms with Crippen molar-refractivity contribution in [1.82, 2.24) is 0 Å². The number of halogens is 4. The van der Waals surface area contributed by atoms with Crippen LogP contribution in [0.15, 0.2) is 30.3 Å². The highest BCUT2D eigenvalue weighted by molar-refractivity contribution is 9.09. The second-order valence-electron chi connectivity index (χ2n) is 3.16. The molecule has 0 nitrogen and oxygen atoms in total. The minimum absolute atomic E-state index is 0.261. The molecule has 1 aromatic carbocycles. The molecular weight excluding hydrogens is 334 g/mol. The standard InChI is InChI=1S/C11H6BrCl2FS/c12-10(6-3-1-2-4-8(6)15)7-5-9(13)16-11(7)14/h1-5,10H. The van der Waals surface area contributed by atoms with Gasteiger partial charge < -0.3 is 0 Å². The average molecular weight is 340 g/mol. The van der Waals surface area contributed by atoms with E-state index in [1.54, 1.807) is 24.3 Å². The summed E-state index contributed by atoms with van der Waals surface area (Å²) in [5.74, 6) is -0.261.